The number of ether oxygens (including phenoxy) is 2. The number of hydrogen-bond donors (Lipinski definition) is 1. The van der Waals surface area contributed by atoms with Gasteiger partial charge < -0.3 is 14.8 Å². The summed E-state index contributed by atoms with van der Waals surface area (Å²) in [6.07, 6.45) is 2.14. The number of aryl methyl sites for hydroxylation is 2. The predicted octanol–water partition coefficient (Wildman–Crippen LogP) is 6.74. The van der Waals surface area contributed by atoms with E-state index in [1.165, 1.54) is 11.1 Å². The molecule has 0 unspecified atom stereocenters. The Morgan fingerprint density at radius 3 is 2.42 bits per heavy atom. The van der Waals surface area contributed by atoms with E-state index in [1.54, 1.807) is 0 Å². The van der Waals surface area contributed by atoms with Crippen molar-refractivity contribution >= 4 is 11.6 Å². The minimum Gasteiger partial charge on any atom is -0.490 e. The van der Waals surface area contributed by atoms with E-state index in [2.05, 4.69) is 67.7 Å². The Kier molecular flexibility index (Phi) is 8.81. The molecule has 164 valence electrons. The Bertz CT molecular complexity index is 959. The molecule has 31 heavy (non-hydrogen) atoms. The molecule has 0 aliphatic carbocycles. The molecule has 0 fully saturated rings. The highest BCUT2D eigenvalue weighted by atomic mass is 35.5. The van der Waals surface area contributed by atoms with E-state index < -0.39 is 0 Å². The topological polar surface area (TPSA) is 30.5 Å². The van der Waals surface area contributed by atoms with Crippen LogP contribution >= 0.6 is 11.6 Å². The molecule has 0 saturated heterocycles. The summed E-state index contributed by atoms with van der Waals surface area (Å²) in [6.45, 7) is 8.00. The van der Waals surface area contributed by atoms with E-state index in [4.69, 9.17) is 21.1 Å². The van der Waals surface area contributed by atoms with Gasteiger partial charge in [-0.25, -0.2) is 0 Å². The first kappa shape index (κ1) is 23.2. The first-order chi connectivity index (χ1) is 15.0. The number of hydrogen-bond acceptors (Lipinski definition) is 3. The zero-order valence-electron chi connectivity index (χ0n) is 18.7. The van der Waals surface area contributed by atoms with Crippen LogP contribution < -0.4 is 14.8 Å². The summed E-state index contributed by atoms with van der Waals surface area (Å²) in [6, 6.07) is 23.3. The summed E-state index contributed by atoms with van der Waals surface area (Å²) in [5.41, 5.74) is 4.77. The average molecular weight is 438 g/mol. The molecule has 1 N–H and O–H groups in total. The van der Waals surface area contributed by atoms with Gasteiger partial charge in [0.05, 0.1) is 11.6 Å². The zero-order valence-corrected chi connectivity index (χ0v) is 19.4. The SMILES string of the molecule is CCOc1cc(CN[C@@H](C)CCc2ccccc2)cc(Cl)c1OCc1cccc(C)c1. The van der Waals surface area contributed by atoms with Crippen molar-refractivity contribution in [3.05, 3.63) is 94.0 Å². The Balaban J connectivity index is 1.60. The van der Waals surface area contributed by atoms with Crippen LogP contribution in [0.15, 0.2) is 66.7 Å². The molecule has 4 heteroatoms. The first-order valence-corrected chi connectivity index (χ1v) is 11.3. The maximum Gasteiger partial charge on any atom is 0.180 e. The third-order valence-corrected chi connectivity index (χ3v) is 5.48. The standard InChI is InChI=1S/C27H32ClNO2/c1-4-30-26-17-24(18-29-21(3)13-14-22-10-6-5-7-11-22)16-25(28)27(26)31-19-23-12-8-9-20(2)15-23/h5-12,15-17,21,29H,4,13-14,18-19H2,1-3H3/t21-/m0/s1. The molecule has 0 radical (unpaired) electrons. The van der Waals surface area contributed by atoms with E-state index in [0.717, 1.165) is 30.5 Å². The van der Waals surface area contributed by atoms with Crippen LogP contribution in [0.25, 0.3) is 0 Å². The Morgan fingerprint density at radius 1 is 0.903 bits per heavy atom. The fourth-order valence-corrected chi connectivity index (χ4v) is 3.79. The van der Waals surface area contributed by atoms with Crippen molar-refractivity contribution in [1.29, 1.82) is 0 Å². The maximum atomic E-state index is 6.59. The van der Waals surface area contributed by atoms with Crippen molar-refractivity contribution in [2.75, 3.05) is 6.61 Å². The number of benzene rings is 3. The van der Waals surface area contributed by atoms with Crippen molar-refractivity contribution in [3.8, 4) is 11.5 Å². The number of nitrogens with one attached hydrogen (secondary N) is 1. The monoisotopic (exact) mass is 437 g/mol. The van der Waals surface area contributed by atoms with Gasteiger partial charge in [-0.1, -0.05) is 71.8 Å². The lowest BCUT2D eigenvalue weighted by molar-refractivity contribution is 0.269. The molecule has 0 aromatic heterocycles. The van der Waals surface area contributed by atoms with Crippen LogP contribution in [0.4, 0.5) is 0 Å². The summed E-state index contributed by atoms with van der Waals surface area (Å²) < 4.78 is 11.9. The van der Waals surface area contributed by atoms with Crippen LogP contribution in [-0.2, 0) is 19.6 Å². The lowest BCUT2D eigenvalue weighted by Crippen LogP contribution is -2.26. The predicted molar refractivity (Wildman–Crippen MR) is 129 cm³/mol. The molecular weight excluding hydrogens is 406 g/mol. The molecular formula is C27H32ClNO2. The molecule has 3 aromatic rings. The number of rotatable bonds is 11. The van der Waals surface area contributed by atoms with Crippen LogP contribution in [0.2, 0.25) is 5.02 Å². The van der Waals surface area contributed by atoms with Gasteiger partial charge in [-0.15, -0.1) is 0 Å². The molecule has 0 spiro atoms. The summed E-state index contributed by atoms with van der Waals surface area (Å²) in [5, 5.41) is 4.17. The minimum atomic E-state index is 0.395. The molecule has 3 aromatic carbocycles. The summed E-state index contributed by atoms with van der Waals surface area (Å²) in [5.74, 6) is 1.29. The largest absolute Gasteiger partial charge is 0.490 e. The minimum absolute atomic E-state index is 0.395. The van der Waals surface area contributed by atoms with Crippen LogP contribution in [0.1, 0.15) is 42.5 Å². The molecule has 3 nitrogen and oxygen atoms in total. The highest BCUT2D eigenvalue weighted by molar-refractivity contribution is 6.32. The van der Waals surface area contributed by atoms with E-state index >= 15 is 0 Å². The van der Waals surface area contributed by atoms with Gasteiger partial charge in [0.2, 0.25) is 0 Å². The smallest absolute Gasteiger partial charge is 0.180 e. The molecule has 0 heterocycles. The Morgan fingerprint density at radius 2 is 1.68 bits per heavy atom. The molecule has 0 saturated carbocycles. The van der Waals surface area contributed by atoms with Gasteiger partial charge in [0.1, 0.15) is 6.61 Å². The van der Waals surface area contributed by atoms with Crippen molar-refractivity contribution < 1.29 is 9.47 Å². The molecule has 0 aliphatic rings. The quantitative estimate of drug-likeness (QED) is 0.360. The second kappa shape index (κ2) is 11.8. The average Bonchev–Trinajstić information content (AvgIpc) is 2.76. The van der Waals surface area contributed by atoms with Crippen molar-refractivity contribution in [2.45, 2.75) is 52.8 Å². The normalized spacial score (nSPS) is 11.9. The molecule has 0 aliphatic heterocycles. The lowest BCUT2D eigenvalue weighted by Gasteiger charge is -2.17. The summed E-state index contributed by atoms with van der Waals surface area (Å²) in [7, 11) is 0. The van der Waals surface area contributed by atoms with Gasteiger partial charge in [0.25, 0.3) is 0 Å². The lowest BCUT2D eigenvalue weighted by atomic mass is 10.1. The van der Waals surface area contributed by atoms with Gasteiger partial charge in [-0.05, 0) is 62.4 Å². The van der Waals surface area contributed by atoms with Crippen molar-refractivity contribution in [3.63, 3.8) is 0 Å². The summed E-state index contributed by atoms with van der Waals surface area (Å²) in [4.78, 5) is 0. The second-order valence-electron chi connectivity index (χ2n) is 7.92. The zero-order chi connectivity index (χ0) is 22.1. The summed E-state index contributed by atoms with van der Waals surface area (Å²) >= 11 is 6.59. The van der Waals surface area contributed by atoms with E-state index in [-0.39, 0.29) is 0 Å². The Labute approximate surface area is 191 Å². The van der Waals surface area contributed by atoms with E-state index in [1.807, 2.05) is 25.1 Å². The Hall–Kier alpha value is -2.49. The van der Waals surface area contributed by atoms with Crippen LogP contribution in [-0.4, -0.2) is 12.6 Å². The van der Waals surface area contributed by atoms with Crippen LogP contribution in [0.3, 0.4) is 0 Å². The maximum absolute atomic E-state index is 6.59. The molecule has 1 atom stereocenters. The van der Waals surface area contributed by atoms with Crippen LogP contribution in [0.5, 0.6) is 11.5 Å². The van der Waals surface area contributed by atoms with Gasteiger partial charge in [0, 0.05) is 12.6 Å². The van der Waals surface area contributed by atoms with E-state index in [0.29, 0.717) is 35.8 Å². The van der Waals surface area contributed by atoms with Crippen LogP contribution in [0, 0.1) is 6.92 Å². The molecule has 0 bridgehead atoms. The molecule has 0 amide bonds. The fraction of sp³-hybridized carbons (Fsp3) is 0.333. The first-order valence-electron chi connectivity index (χ1n) is 11.0. The highest BCUT2D eigenvalue weighted by Crippen LogP contribution is 2.37. The second-order valence-corrected chi connectivity index (χ2v) is 8.33. The molecule has 3 rings (SSSR count). The van der Waals surface area contributed by atoms with Gasteiger partial charge in [-0.3, -0.25) is 0 Å². The number of halogens is 1. The third kappa shape index (κ3) is 7.30. The van der Waals surface area contributed by atoms with Gasteiger partial charge >= 0.3 is 0 Å². The van der Waals surface area contributed by atoms with Crippen molar-refractivity contribution in [2.24, 2.45) is 0 Å². The van der Waals surface area contributed by atoms with Crippen molar-refractivity contribution in [1.82, 2.24) is 5.32 Å². The van der Waals surface area contributed by atoms with Gasteiger partial charge in [0.15, 0.2) is 11.5 Å². The highest BCUT2D eigenvalue weighted by Gasteiger charge is 2.14. The fourth-order valence-electron chi connectivity index (χ4n) is 3.51. The third-order valence-electron chi connectivity index (χ3n) is 5.20. The van der Waals surface area contributed by atoms with E-state index in [9.17, 15) is 0 Å². The van der Waals surface area contributed by atoms with Gasteiger partial charge in [-0.2, -0.15) is 0 Å².